The van der Waals surface area contributed by atoms with Gasteiger partial charge in [0.05, 0.1) is 13.5 Å². The molecule has 0 saturated carbocycles. The molecule has 0 aliphatic heterocycles. The van der Waals surface area contributed by atoms with E-state index in [9.17, 15) is 13.6 Å². The van der Waals surface area contributed by atoms with E-state index in [1.165, 1.54) is 13.2 Å². The average Bonchev–Trinajstić information content (AvgIpc) is 2.20. The molecule has 0 saturated heterocycles. The van der Waals surface area contributed by atoms with Crippen LogP contribution in [0.4, 0.5) is 8.78 Å². The number of hydrogen-bond donors (Lipinski definition) is 0. The van der Waals surface area contributed by atoms with Crippen LogP contribution in [0.5, 0.6) is 0 Å². The average molecular weight is 406 g/mol. The van der Waals surface area contributed by atoms with E-state index in [0.717, 1.165) is 0 Å². The van der Waals surface area contributed by atoms with E-state index in [1.807, 2.05) is 22.6 Å². The lowest BCUT2D eigenvalue weighted by Crippen LogP contribution is -2.10. The maximum Gasteiger partial charge on any atom is 0.310 e. The van der Waals surface area contributed by atoms with Crippen molar-refractivity contribution in [2.45, 2.75) is 12.8 Å². The number of hydrogen-bond acceptors (Lipinski definition) is 3. The number of nitrogens with zero attached hydrogens (tertiary/aromatic N) is 1. The van der Waals surface area contributed by atoms with Crippen molar-refractivity contribution >= 4 is 44.5 Å². The molecule has 0 N–H and O–H groups in total. The molecule has 0 aliphatic rings. The van der Waals surface area contributed by atoms with Crippen molar-refractivity contribution in [2.24, 2.45) is 0 Å². The Kier molecular flexibility index (Phi) is 5.03. The van der Waals surface area contributed by atoms with Crippen molar-refractivity contribution in [3.05, 3.63) is 25.5 Å². The van der Waals surface area contributed by atoms with Crippen molar-refractivity contribution in [1.82, 2.24) is 4.98 Å². The van der Waals surface area contributed by atoms with Crippen LogP contribution in [0, 0.1) is 3.70 Å². The van der Waals surface area contributed by atoms with Crippen LogP contribution in [0.2, 0.25) is 0 Å². The summed E-state index contributed by atoms with van der Waals surface area (Å²) in [6.07, 6.45) is -2.85. The highest BCUT2D eigenvalue weighted by Crippen LogP contribution is 2.28. The van der Waals surface area contributed by atoms with Crippen molar-refractivity contribution in [1.29, 1.82) is 0 Å². The third-order valence-electron chi connectivity index (χ3n) is 1.86. The first-order valence-corrected chi connectivity index (χ1v) is 6.02. The highest BCUT2D eigenvalue weighted by molar-refractivity contribution is 14.1. The molecule has 0 aliphatic carbocycles. The van der Waals surface area contributed by atoms with E-state index in [-0.39, 0.29) is 17.5 Å². The number of methoxy groups -OCH3 is 1. The topological polar surface area (TPSA) is 39.2 Å². The van der Waals surface area contributed by atoms with Crippen molar-refractivity contribution < 1.29 is 18.3 Å². The van der Waals surface area contributed by atoms with E-state index in [0.29, 0.717) is 8.30 Å². The number of esters is 1. The van der Waals surface area contributed by atoms with Crippen LogP contribution in [-0.2, 0) is 16.0 Å². The normalized spacial score (nSPS) is 10.6. The Balaban J connectivity index is 3.19. The minimum atomic E-state index is -2.65. The summed E-state index contributed by atoms with van der Waals surface area (Å²) in [7, 11) is 1.21. The first-order valence-electron chi connectivity index (χ1n) is 4.15. The van der Waals surface area contributed by atoms with Crippen molar-refractivity contribution in [2.75, 3.05) is 7.11 Å². The van der Waals surface area contributed by atoms with Gasteiger partial charge in [-0.1, -0.05) is 0 Å². The highest BCUT2D eigenvalue weighted by Gasteiger charge is 2.20. The Bertz CT molecular complexity index is 415. The van der Waals surface area contributed by atoms with E-state index >= 15 is 0 Å². The summed E-state index contributed by atoms with van der Waals surface area (Å²) in [5.74, 6) is -0.566. The fourth-order valence-corrected chi connectivity index (χ4v) is 2.63. The Labute approximate surface area is 113 Å². The molecule has 0 bridgehead atoms. The quantitative estimate of drug-likeness (QED) is 0.440. The summed E-state index contributed by atoms with van der Waals surface area (Å²) < 4.78 is 30.6. The number of aromatic nitrogens is 1. The molecule has 1 aromatic rings. The zero-order valence-corrected chi connectivity index (χ0v) is 11.9. The van der Waals surface area contributed by atoms with E-state index in [1.54, 1.807) is 0 Å². The molecule has 0 spiro atoms. The van der Waals surface area contributed by atoms with Gasteiger partial charge < -0.3 is 4.74 Å². The van der Waals surface area contributed by atoms with Crippen LogP contribution >= 0.6 is 38.5 Å². The largest absolute Gasteiger partial charge is 0.469 e. The summed E-state index contributed by atoms with van der Waals surface area (Å²) in [4.78, 5) is 15.0. The summed E-state index contributed by atoms with van der Waals surface area (Å²) >= 11 is 4.85. The second-order valence-electron chi connectivity index (χ2n) is 2.86. The van der Waals surface area contributed by atoms with Gasteiger partial charge in [-0.25, -0.2) is 13.8 Å². The third-order valence-corrected chi connectivity index (χ3v) is 3.16. The van der Waals surface area contributed by atoms with Gasteiger partial charge in [0.2, 0.25) is 0 Å². The molecule has 0 radical (unpaired) electrons. The minimum absolute atomic E-state index is 0.198. The molecule has 3 nitrogen and oxygen atoms in total. The second-order valence-corrected chi connectivity index (χ2v) is 4.69. The lowest BCUT2D eigenvalue weighted by atomic mass is 10.1. The number of rotatable bonds is 3. The van der Waals surface area contributed by atoms with Crippen LogP contribution < -0.4 is 0 Å². The van der Waals surface area contributed by atoms with Gasteiger partial charge in [0, 0.05) is 11.1 Å². The molecule has 88 valence electrons. The summed E-state index contributed by atoms with van der Waals surface area (Å²) in [6.45, 7) is 0. The Morgan fingerprint density at radius 3 is 2.81 bits per heavy atom. The lowest BCUT2D eigenvalue weighted by molar-refractivity contribution is -0.139. The van der Waals surface area contributed by atoms with Gasteiger partial charge in [-0.2, -0.15) is 0 Å². The van der Waals surface area contributed by atoms with Gasteiger partial charge in [-0.3, -0.25) is 4.79 Å². The van der Waals surface area contributed by atoms with Crippen LogP contribution in [0.3, 0.4) is 0 Å². The summed E-state index contributed by atoms with van der Waals surface area (Å²) in [5.41, 5.74) is 0.0160. The molecule has 0 atom stereocenters. The van der Waals surface area contributed by atoms with Gasteiger partial charge in [0.1, 0.15) is 8.30 Å². The summed E-state index contributed by atoms with van der Waals surface area (Å²) in [5, 5.41) is 0. The predicted octanol–water partition coefficient (Wildman–Crippen LogP) is 3.10. The monoisotopic (exact) mass is 405 g/mol. The van der Waals surface area contributed by atoms with E-state index < -0.39 is 12.4 Å². The molecule has 1 heterocycles. The molecule has 0 amide bonds. The second kappa shape index (κ2) is 5.85. The highest BCUT2D eigenvalue weighted by atomic mass is 127. The van der Waals surface area contributed by atoms with Gasteiger partial charge in [-0.15, -0.1) is 0 Å². The van der Waals surface area contributed by atoms with Gasteiger partial charge >= 0.3 is 5.97 Å². The van der Waals surface area contributed by atoms with E-state index in [4.69, 9.17) is 0 Å². The lowest BCUT2D eigenvalue weighted by Gasteiger charge is -2.10. The number of halogens is 4. The molecule has 0 fully saturated rings. The van der Waals surface area contributed by atoms with Crippen molar-refractivity contribution in [3.8, 4) is 0 Å². The molecule has 0 aromatic carbocycles. The maximum absolute atomic E-state index is 12.7. The zero-order chi connectivity index (χ0) is 12.3. The van der Waals surface area contributed by atoms with Crippen LogP contribution in [-0.4, -0.2) is 18.1 Å². The number of pyridine rings is 1. The molecule has 7 heteroatoms. The number of carbonyl (C=O) groups is 1. The zero-order valence-electron chi connectivity index (χ0n) is 8.14. The third kappa shape index (κ3) is 3.34. The van der Waals surface area contributed by atoms with Gasteiger partial charge in [-0.05, 0) is 44.6 Å². The number of carbonyl (C=O) groups excluding carboxylic acids is 1. The summed E-state index contributed by atoms with van der Waals surface area (Å²) in [6, 6.07) is 1.21. The van der Waals surface area contributed by atoms with Gasteiger partial charge in [0.15, 0.2) is 0 Å². The van der Waals surface area contributed by atoms with Crippen LogP contribution in [0.15, 0.2) is 10.7 Å². The maximum atomic E-state index is 12.7. The number of alkyl halides is 2. The molecule has 1 aromatic heterocycles. The molecule has 0 unspecified atom stereocenters. The molecule has 1 rings (SSSR count). The fourth-order valence-electron chi connectivity index (χ4n) is 1.11. The van der Waals surface area contributed by atoms with Gasteiger partial charge in [0.25, 0.3) is 6.43 Å². The van der Waals surface area contributed by atoms with Crippen LogP contribution in [0.25, 0.3) is 0 Å². The fraction of sp³-hybridized carbons (Fsp3) is 0.333. The van der Waals surface area contributed by atoms with Crippen molar-refractivity contribution in [3.63, 3.8) is 0 Å². The minimum Gasteiger partial charge on any atom is -0.469 e. The standard InChI is InChI=1S/C9H7BrF2INO2/c1-16-7(15)3-5-4(8(11)12)2-6(10)14-9(5)13/h2,8H,3H2,1H3. The molecular weight excluding hydrogens is 399 g/mol. The Morgan fingerprint density at radius 2 is 2.31 bits per heavy atom. The predicted molar refractivity (Wildman–Crippen MR) is 65.3 cm³/mol. The molecular formula is C9H7BrF2INO2. The Morgan fingerprint density at radius 1 is 1.69 bits per heavy atom. The molecule has 16 heavy (non-hydrogen) atoms. The SMILES string of the molecule is COC(=O)Cc1c(C(F)F)cc(Br)nc1I. The Hall–Kier alpha value is -0.310. The van der Waals surface area contributed by atoms with Crippen LogP contribution in [0.1, 0.15) is 17.6 Å². The first kappa shape index (κ1) is 13.8. The first-order chi connectivity index (χ1) is 7.45. The smallest absolute Gasteiger partial charge is 0.310 e. The van der Waals surface area contributed by atoms with E-state index in [2.05, 4.69) is 25.7 Å². The number of ether oxygens (including phenoxy) is 1.